The molecule has 7 nitrogen and oxygen atoms in total. The summed E-state index contributed by atoms with van der Waals surface area (Å²) in [4.78, 5) is 52.0. The van der Waals surface area contributed by atoms with Gasteiger partial charge >= 0.3 is 0 Å². The molecule has 25 heavy (non-hydrogen) atoms. The van der Waals surface area contributed by atoms with Crippen LogP contribution in [0.5, 0.6) is 0 Å². The van der Waals surface area contributed by atoms with Crippen LogP contribution in [0, 0.1) is 0 Å². The van der Waals surface area contributed by atoms with Gasteiger partial charge in [-0.3, -0.25) is 24.1 Å². The summed E-state index contributed by atoms with van der Waals surface area (Å²) < 4.78 is 0. The molecule has 3 amide bonds. The Morgan fingerprint density at radius 3 is 2.76 bits per heavy atom. The molecule has 1 saturated heterocycles. The monoisotopic (exact) mass is 375 g/mol. The Hall–Kier alpha value is -2.65. The van der Waals surface area contributed by atoms with Crippen molar-refractivity contribution in [2.45, 2.75) is 0 Å². The van der Waals surface area contributed by atoms with Crippen molar-refractivity contribution in [3.8, 4) is 0 Å². The van der Waals surface area contributed by atoms with Crippen molar-refractivity contribution < 1.29 is 14.4 Å². The lowest BCUT2D eigenvalue weighted by molar-refractivity contribution is -0.122. The minimum Gasteiger partial charge on any atom is -0.350 e. The number of rotatable bonds is 5. The van der Waals surface area contributed by atoms with Gasteiger partial charge in [-0.05, 0) is 35.4 Å². The Kier molecular flexibility index (Phi) is 5.15. The van der Waals surface area contributed by atoms with E-state index in [-0.39, 0.29) is 29.8 Å². The van der Waals surface area contributed by atoms with Gasteiger partial charge in [0.05, 0.1) is 10.5 Å². The smallest absolute Gasteiger partial charge is 0.293 e. The first-order valence-electron chi connectivity index (χ1n) is 7.30. The number of amides is 3. The highest BCUT2D eigenvalue weighted by molar-refractivity contribution is 8.18. The number of thioether (sulfide) groups is 1. The summed E-state index contributed by atoms with van der Waals surface area (Å²) in [5, 5.41) is 4.15. The summed E-state index contributed by atoms with van der Waals surface area (Å²) in [7, 11) is 0. The number of hydrogen-bond donors (Lipinski definition) is 2. The molecular weight excluding hydrogens is 362 g/mol. The number of hydrogen-bond acceptors (Lipinski definition) is 6. The SMILES string of the molecule is O=C(NCCN1C(=O)S/C(=C\c2cccs2)C1=O)c1ccc(=O)[nH]c1. The predicted octanol–water partition coefficient (Wildman–Crippen LogP) is 1.90. The number of H-pyrrole nitrogens is 1. The summed E-state index contributed by atoms with van der Waals surface area (Å²) in [5.74, 6) is -0.751. The van der Waals surface area contributed by atoms with E-state index in [1.807, 2.05) is 17.5 Å². The van der Waals surface area contributed by atoms with Gasteiger partial charge in [0, 0.05) is 30.2 Å². The highest BCUT2D eigenvalue weighted by atomic mass is 32.2. The third-order valence-corrected chi connectivity index (χ3v) is 5.08. The number of carbonyl (C=O) groups is 3. The van der Waals surface area contributed by atoms with E-state index in [1.54, 1.807) is 6.08 Å². The normalized spacial score (nSPS) is 15.8. The fourth-order valence-electron chi connectivity index (χ4n) is 2.13. The number of aromatic amines is 1. The number of pyridine rings is 1. The van der Waals surface area contributed by atoms with Gasteiger partial charge in [0.2, 0.25) is 5.56 Å². The van der Waals surface area contributed by atoms with Gasteiger partial charge in [-0.15, -0.1) is 11.3 Å². The van der Waals surface area contributed by atoms with E-state index >= 15 is 0 Å². The molecule has 0 atom stereocenters. The summed E-state index contributed by atoms with van der Waals surface area (Å²) in [6.07, 6.45) is 3.00. The molecule has 128 valence electrons. The van der Waals surface area contributed by atoms with Crippen molar-refractivity contribution in [3.05, 3.63) is 61.5 Å². The van der Waals surface area contributed by atoms with E-state index < -0.39 is 5.91 Å². The first-order chi connectivity index (χ1) is 12.0. The molecule has 1 aliphatic heterocycles. The highest BCUT2D eigenvalue weighted by Crippen LogP contribution is 2.32. The molecule has 0 aromatic carbocycles. The van der Waals surface area contributed by atoms with Crippen molar-refractivity contribution in [3.63, 3.8) is 0 Å². The molecule has 3 heterocycles. The molecule has 3 rings (SSSR count). The van der Waals surface area contributed by atoms with E-state index in [2.05, 4.69) is 10.3 Å². The quantitative estimate of drug-likeness (QED) is 0.778. The van der Waals surface area contributed by atoms with Gasteiger partial charge in [-0.25, -0.2) is 0 Å². The number of nitrogens with zero attached hydrogens (tertiary/aromatic N) is 1. The first-order valence-corrected chi connectivity index (χ1v) is 9.00. The van der Waals surface area contributed by atoms with Gasteiger partial charge in [0.15, 0.2) is 0 Å². The number of thiophene rings is 1. The largest absolute Gasteiger partial charge is 0.350 e. The van der Waals surface area contributed by atoms with E-state index in [0.717, 1.165) is 21.5 Å². The molecule has 0 aliphatic carbocycles. The molecule has 0 saturated carbocycles. The molecular formula is C16H13N3O4S2. The number of aromatic nitrogens is 1. The fourth-order valence-corrected chi connectivity index (χ4v) is 3.72. The summed E-state index contributed by atoms with van der Waals surface area (Å²) in [6.45, 7) is 0.212. The average molecular weight is 375 g/mol. The van der Waals surface area contributed by atoms with Crippen LogP contribution in [0.2, 0.25) is 0 Å². The minimum absolute atomic E-state index is 0.0849. The number of imide groups is 1. The lowest BCUT2D eigenvalue weighted by atomic mass is 10.2. The van der Waals surface area contributed by atoms with Crippen LogP contribution in [0.15, 0.2) is 45.5 Å². The van der Waals surface area contributed by atoms with Crippen LogP contribution in [-0.4, -0.2) is 40.0 Å². The van der Waals surface area contributed by atoms with Gasteiger partial charge in [0.1, 0.15) is 0 Å². The third-order valence-electron chi connectivity index (χ3n) is 3.36. The molecule has 2 aromatic rings. The fraction of sp³-hybridized carbons (Fsp3) is 0.125. The molecule has 2 N–H and O–H groups in total. The third kappa shape index (κ3) is 4.06. The maximum atomic E-state index is 12.3. The Morgan fingerprint density at radius 1 is 1.24 bits per heavy atom. The molecule has 9 heteroatoms. The lowest BCUT2D eigenvalue weighted by Crippen LogP contribution is -2.37. The van der Waals surface area contributed by atoms with Crippen molar-refractivity contribution >= 4 is 46.2 Å². The Labute approximate surface area is 150 Å². The second-order valence-electron chi connectivity index (χ2n) is 5.05. The number of carbonyl (C=O) groups excluding carboxylic acids is 3. The van der Waals surface area contributed by atoms with Gasteiger partial charge in [0.25, 0.3) is 17.1 Å². The van der Waals surface area contributed by atoms with Crippen LogP contribution < -0.4 is 10.9 Å². The van der Waals surface area contributed by atoms with Crippen molar-refractivity contribution in [1.29, 1.82) is 0 Å². The van der Waals surface area contributed by atoms with Crippen molar-refractivity contribution in [2.75, 3.05) is 13.1 Å². The first kappa shape index (κ1) is 17.2. The summed E-state index contributed by atoms with van der Waals surface area (Å²) in [6, 6.07) is 6.38. The van der Waals surface area contributed by atoms with E-state index in [9.17, 15) is 19.2 Å². The second-order valence-corrected chi connectivity index (χ2v) is 7.02. The molecule has 0 unspecified atom stereocenters. The predicted molar refractivity (Wildman–Crippen MR) is 96.4 cm³/mol. The second kappa shape index (κ2) is 7.49. The maximum absolute atomic E-state index is 12.3. The van der Waals surface area contributed by atoms with Crippen LogP contribution in [0.25, 0.3) is 6.08 Å². The summed E-state index contributed by atoms with van der Waals surface area (Å²) in [5.41, 5.74) is -0.00165. The molecule has 0 spiro atoms. The van der Waals surface area contributed by atoms with E-state index in [1.165, 1.54) is 29.7 Å². The Balaban J connectivity index is 1.57. The highest BCUT2D eigenvalue weighted by Gasteiger charge is 2.34. The zero-order valence-electron chi connectivity index (χ0n) is 12.9. The molecule has 0 radical (unpaired) electrons. The van der Waals surface area contributed by atoms with E-state index in [0.29, 0.717) is 10.5 Å². The van der Waals surface area contributed by atoms with Crippen LogP contribution in [0.3, 0.4) is 0 Å². The zero-order chi connectivity index (χ0) is 17.8. The molecule has 2 aromatic heterocycles. The maximum Gasteiger partial charge on any atom is 0.293 e. The molecule has 1 fully saturated rings. The Morgan fingerprint density at radius 2 is 2.08 bits per heavy atom. The zero-order valence-corrected chi connectivity index (χ0v) is 14.5. The Bertz CT molecular complexity index is 882. The van der Waals surface area contributed by atoms with Crippen LogP contribution in [0.4, 0.5) is 4.79 Å². The van der Waals surface area contributed by atoms with Gasteiger partial charge in [-0.1, -0.05) is 6.07 Å². The van der Waals surface area contributed by atoms with Crippen molar-refractivity contribution in [2.24, 2.45) is 0 Å². The number of nitrogens with one attached hydrogen (secondary N) is 2. The average Bonchev–Trinajstić information content (AvgIpc) is 3.19. The molecule has 0 bridgehead atoms. The van der Waals surface area contributed by atoms with Gasteiger partial charge < -0.3 is 10.3 Å². The van der Waals surface area contributed by atoms with Crippen molar-refractivity contribution in [1.82, 2.24) is 15.2 Å². The molecule has 1 aliphatic rings. The topological polar surface area (TPSA) is 99.3 Å². The van der Waals surface area contributed by atoms with Gasteiger partial charge in [-0.2, -0.15) is 0 Å². The van der Waals surface area contributed by atoms with E-state index in [4.69, 9.17) is 0 Å². The summed E-state index contributed by atoms with van der Waals surface area (Å²) >= 11 is 2.37. The minimum atomic E-state index is -0.391. The lowest BCUT2D eigenvalue weighted by Gasteiger charge is -2.12. The van der Waals surface area contributed by atoms with Crippen LogP contribution >= 0.6 is 23.1 Å². The van der Waals surface area contributed by atoms with Crippen LogP contribution in [-0.2, 0) is 4.79 Å². The van der Waals surface area contributed by atoms with Crippen LogP contribution in [0.1, 0.15) is 15.2 Å². The standard InChI is InChI=1S/C16H13N3O4S2/c20-13-4-3-10(9-18-13)14(21)17-5-6-19-15(22)12(25-16(19)23)8-11-2-1-7-24-11/h1-4,7-9H,5-6H2,(H,17,21)(H,18,20)/b12-8-.